The number of nitrogens with two attached hydrogens (primary N) is 1. The van der Waals surface area contributed by atoms with Gasteiger partial charge in [-0.1, -0.05) is 13.0 Å². The SMILES string of the molecule is [2H]C([2H])(F)Oc1c(F)ccc2cc(N)cc(-c3ncc4c(N5CCOC[C@H]6[C@H](Cl)[C@H]65)nc(OC([2H])([2H])[C@]5(C)CN(C([2H])([2H])[2H])CC/C5=C\F)nc4c3F)c12. The first-order valence-corrected chi connectivity index (χ1v) is 15.2. The molecular formula is C33H33ClF4N6O3. The van der Waals surface area contributed by atoms with Crippen molar-refractivity contribution in [2.45, 2.75) is 24.8 Å². The number of halogens is 5. The lowest BCUT2D eigenvalue weighted by Crippen LogP contribution is -2.44. The Morgan fingerprint density at radius 3 is 2.89 bits per heavy atom. The van der Waals surface area contributed by atoms with Crippen molar-refractivity contribution in [3.8, 4) is 23.0 Å². The van der Waals surface area contributed by atoms with E-state index in [4.69, 9.17) is 41.1 Å². The van der Waals surface area contributed by atoms with Gasteiger partial charge in [0.1, 0.15) is 26.3 Å². The normalized spacial score (nSPS) is 28.7. The van der Waals surface area contributed by atoms with Crippen LogP contribution in [0.1, 0.15) is 22.9 Å². The van der Waals surface area contributed by atoms with Crippen LogP contribution < -0.4 is 20.1 Å². The fourth-order valence-electron chi connectivity index (χ4n) is 6.44. The molecule has 2 N–H and O–H groups in total. The van der Waals surface area contributed by atoms with Crippen molar-refractivity contribution < 1.29 is 41.4 Å². The van der Waals surface area contributed by atoms with E-state index in [-0.39, 0.29) is 88.6 Å². The topological polar surface area (TPSA) is 98.9 Å². The number of hydrogen-bond donors (Lipinski definition) is 1. The summed E-state index contributed by atoms with van der Waals surface area (Å²) >= 11 is 6.61. The van der Waals surface area contributed by atoms with Gasteiger partial charge >= 0.3 is 6.01 Å². The van der Waals surface area contributed by atoms with Crippen LogP contribution in [0.2, 0.25) is 0 Å². The zero-order valence-corrected chi connectivity index (χ0v) is 25.6. The maximum absolute atomic E-state index is 17.1. The molecule has 2 aromatic carbocycles. The second-order valence-electron chi connectivity index (χ2n) is 11.9. The summed E-state index contributed by atoms with van der Waals surface area (Å²) in [6, 6.07) is 3.70. The molecule has 14 heteroatoms. The smallest absolute Gasteiger partial charge is 0.319 e. The third kappa shape index (κ3) is 5.57. The van der Waals surface area contributed by atoms with Crippen LogP contribution in [0, 0.1) is 23.0 Å². The lowest BCUT2D eigenvalue weighted by atomic mass is 9.78. The number of alkyl halides is 2. The average molecular weight is 680 g/mol. The molecule has 1 saturated carbocycles. The van der Waals surface area contributed by atoms with Gasteiger partial charge in [-0.2, -0.15) is 9.97 Å². The number of nitrogens with zero attached hydrogens (tertiary/aromatic N) is 5. The number of rotatable bonds is 7. The highest BCUT2D eigenvalue weighted by atomic mass is 35.5. The number of piperidine rings is 1. The van der Waals surface area contributed by atoms with Gasteiger partial charge in [-0.3, -0.25) is 4.98 Å². The molecule has 9 nitrogen and oxygen atoms in total. The van der Waals surface area contributed by atoms with Gasteiger partial charge in [0.2, 0.25) is 6.81 Å². The van der Waals surface area contributed by atoms with E-state index in [1.165, 1.54) is 31.3 Å². The number of hydrogen-bond acceptors (Lipinski definition) is 9. The number of fused-ring (bicyclic) bond motifs is 3. The van der Waals surface area contributed by atoms with Crippen LogP contribution in [0.25, 0.3) is 32.9 Å². The Hall–Kier alpha value is -3.94. The summed E-state index contributed by atoms with van der Waals surface area (Å²) in [5.41, 5.74) is 3.06. The maximum atomic E-state index is 17.1. The van der Waals surface area contributed by atoms with Crippen molar-refractivity contribution in [2.24, 2.45) is 11.3 Å². The van der Waals surface area contributed by atoms with E-state index in [2.05, 4.69) is 15.0 Å². The van der Waals surface area contributed by atoms with Crippen LogP contribution in [-0.4, -0.2) is 84.5 Å². The van der Waals surface area contributed by atoms with Crippen molar-refractivity contribution in [2.75, 3.05) is 63.8 Å². The highest BCUT2D eigenvalue weighted by Gasteiger charge is 2.54. The molecule has 2 saturated heterocycles. The molecule has 7 rings (SSSR count). The molecule has 2 aliphatic heterocycles. The standard InChI is InChI=1S/C33H33ClF4N6O3/c1-33(14-43(2)6-5-18(33)11-35)15-46-32-41-28-21(31(42-32)44-7-8-45-13-22-25(34)29(22)44)12-40-27(26(28)38)20-10-19(39)9-17-3-4-23(37)30(24(17)20)47-16-36/h3-4,9-12,22,25,29H,5-8,13-16,39H2,1-2H3/b18-11+/t22-,25-,29-,33-/m0/s1/i2D3,15D2,16D2. The summed E-state index contributed by atoms with van der Waals surface area (Å²) in [6.45, 7) is -7.79. The van der Waals surface area contributed by atoms with Gasteiger partial charge in [0, 0.05) is 57.9 Å². The zero-order chi connectivity index (χ0) is 39.1. The molecule has 248 valence electrons. The number of anilines is 2. The summed E-state index contributed by atoms with van der Waals surface area (Å²) in [5.74, 6) is -3.27. The lowest BCUT2D eigenvalue weighted by molar-refractivity contribution is 0.109. The van der Waals surface area contributed by atoms with Crippen molar-refractivity contribution in [3.05, 3.63) is 54.0 Å². The number of pyridine rings is 1. The Bertz CT molecular complexity index is 2180. The van der Waals surface area contributed by atoms with E-state index in [9.17, 15) is 8.78 Å². The molecule has 3 fully saturated rings. The van der Waals surface area contributed by atoms with Crippen LogP contribution in [-0.2, 0) is 4.74 Å². The van der Waals surface area contributed by atoms with Gasteiger partial charge in [-0.25, -0.2) is 17.6 Å². The monoisotopic (exact) mass is 679 g/mol. The van der Waals surface area contributed by atoms with Gasteiger partial charge in [0.05, 0.1) is 39.1 Å². The molecule has 0 bridgehead atoms. The van der Waals surface area contributed by atoms with Crippen molar-refractivity contribution >= 4 is 44.8 Å². The zero-order valence-electron chi connectivity index (χ0n) is 31.9. The summed E-state index contributed by atoms with van der Waals surface area (Å²) in [4.78, 5) is 15.9. The van der Waals surface area contributed by atoms with Crippen molar-refractivity contribution in [3.63, 3.8) is 0 Å². The fraction of sp³-hybridized carbons (Fsp3) is 0.424. The minimum atomic E-state index is -3.83. The summed E-state index contributed by atoms with van der Waals surface area (Å²) in [5, 5.41) is -0.480. The van der Waals surface area contributed by atoms with E-state index in [0.29, 0.717) is 6.61 Å². The highest BCUT2D eigenvalue weighted by molar-refractivity contribution is 6.24. The van der Waals surface area contributed by atoms with E-state index >= 15 is 8.78 Å². The molecule has 3 aliphatic rings. The molecule has 4 aromatic rings. The Kier molecular flexibility index (Phi) is 6.32. The molecule has 0 radical (unpaired) electrons. The van der Waals surface area contributed by atoms with Crippen molar-refractivity contribution in [1.29, 1.82) is 0 Å². The van der Waals surface area contributed by atoms with Gasteiger partial charge in [0.15, 0.2) is 17.4 Å². The van der Waals surface area contributed by atoms with E-state index in [1.807, 2.05) is 0 Å². The molecular weight excluding hydrogens is 640 g/mol. The quantitative estimate of drug-likeness (QED) is 0.143. The number of benzene rings is 2. The summed E-state index contributed by atoms with van der Waals surface area (Å²) in [7, 11) is 0. The van der Waals surface area contributed by atoms with Crippen LogP contribution in [0.4, 0.5) is 29.1 Å². The Morgan fingerprint density at radius 1 is 1.26 bits per heavy atom. The first kappa shape index (κ1) is 24.2. The molecule has 4 heterocycles. The van der Waals surface area contributed by atoms with Crippen molar-refractivity contribution in [1.82, 2.24) is 19.9 Å². The molecule has 2 aromatic heterocycles. The molecule has 47 heavy (non-hydrogen) atoms. The summed E-state index contributed by atoms with van der Waals surface area (Å²) in [6.07, 6.45) is 1.32. The van der Waals surface area contributed by atoms with Gasteiger partial charge in [-0.05, 0) is 42.6 Å². The number of nitrogen functional groups attached to an aromatic ring is 1. The number of ether oxygens (including phenoxy) is 3. The first-order chi connectivity index (χ1) is 25.2. The lowest BCUT2D eigenvalue weighted by Gasteiger charge is -2.40. The second kappa shape index (κ2) is 12.3. The minimum absolute atomic E-state index is 0.0262. The molecule has 1 aliphatic carbocycles. The fourth-order valence-corrected chi connectivity index (χ4v) is 6.90. The van der Waals surface area contributed by atoms with E-state index < -0.39 is 66.9 Å². The first-order valence-electron chi connectivity index (χ1n) is 18.2. The van der Waals surface area contributed by atoms with E-state index in [1.54, 1.807) is 4.90 Å². The Labute approximate surface area is 283 Å². The van der Waals surface area contributed by atoms with Gasteiger partial charge in [0.25, 0.3) is 0 Å². The Balaban J connectivity index is 1.43. The second-order valence-corrected chi connectivity index (χ2v) is 12.4. The van der Waals surface area contributed by atoms with Crippen LogP contribution in [0.5, 0.6) is 11.8 Å². The largest absolute Gasteiger partial charge is 0.462 e. The average Bonchev–Trinajstić information content (AvgIpc) is 3.78. The Morgan fingerprint density at radius 2 is 2.11 bits per heavy atom. The molecule has 0 unspecified atom stereocenters. The van der Waals surface area contributed by atoms with Gasteiger partial charge < -0.3 is 29.7 Å². The summed E-state index contributed by atoms with van der Waals surface area (Å²) < 4.78 is 133. The minimum Gasteiger partial charge on any atom is -0.462 e. The maximum Gasteiger partial charge on any atom is 0.319 e. The molecule has 0 amide bonds. The van der Waals surface area contributed by atoms with Gasteiger partial charge in [-0.15, -0.1) is 11.6 Å². The van der Waals surface area contributed by atoms with Crippen LogP contribution >= 0.6 is 11.6 Å². The predicted molar refractivity (Wildman–Crippen MR) is 171 cm³/mol. The number of likely N-dealkylation sites (tertiary alicyclic amines) is 1. The number of aromatic nitrogens is 3. The molecule has 0 spiro atoms. The molecule has 4 atom stereocenters. The van der Waals surface area contributed by atoms with Crippen LogP contribution in [0.3, 0.4) is 0 Å². The van der Waals surface area contributed by atoms with E-state index in [0.717, 1.165) is 11.0 Å². The third-order valence-corrected chi connectivity index (χ3v) is 9.48. The van der Waals surface area contributed by atoms with Crippen LogP contribution in [0.15, 0.2) is 42.4 Å². The predicted octanol–water partition coefficient (Wildman–Crippen LogP) is 6.03. The third-order valence-electron chi connectivity index (χ3n) is 8.90. The highest BCUT2D eigenvalue weighted by Crippen LogP contribution is 2.47.